The van der Waals surface area contributed by atoms with Gasteiger partial charge in [-0.3, -0.25) is 0 Å². The second-order valence-electron chi connectivity index (χ2n) is 3.62. The van der Waals surface area contributed by atoms with E-state index in [-0.39, 0.29) is 45.3 Å². The molecule has 0 aliphatic heterocycles. The normalized spacial score (nSPS) is 9.60. The summed E-state index contributed by atoms with van der Waals surface area (Å²) in [6.07, 6.45) is 0. The Morgan fingerprint density at radius 1 is 0.467 bits per heavy atom. The Morgan fingerprint density at radius 3 is 0.600 bits per heavy atom. The van der Waals surface area contributed by atoms with E-state index in [4.69, 9.17) is 0 Å². The van der Waals surface area contributed by atoms with Crippen LogP contribution in [0.15, 0.2) is 0 Å². The predicted molar refractivity (Wildman–Crippen MR) is 74.4 cm³/mol. The van der Waals surface area contributed by atoms with Gasteiger partial charge in [0, 0.05) is 45.3 Å². The standard InChI is InChI=1S/2C6H15Si.Hg/c2*1-4-7(5-2)6-3;/h2*4-6H2,1-3H3;. The van der Waals surface area contributed by atoms with E-state index in [1.165, 1.54) is 36.3 Å². The Bertz CT molecular complexity index is 68.6. The Morgan fingerprint density at radius 2 is 0.600 bits per heavy atom. The van der Waals surface area contributed by atoms with Gasteiger partial charge in [0.25, 0.3) is 0 Å². The van der Waals surface area contributed by atoms with E-state index < -0.39 is 0 Å². The summed E-state index contributed by atoms with van der Waals surface area (Å²) >= 11 is 0. The minimum Gasteiger partial charge on any atom is -0.0680 e. The molecule has 0 aromatic carbocycles. The van der Waals surface area contributed by atoms with E-state index in [9.17, 15) is 0 Å². The predicted octanol–water partition coefficient (Wildman–Crippen LogP) is 5.08. The molecule has 0 rings (SSSR count). The zero-order valence-corrected chi connectivity index (χ0v) is 19.4. The Balaban J connectivity index is -0.000000180. The van der Waals surface area contributed by atoms with Crippen molar-refractivity contribution >= 4 is 17.6 Å². The third-order valence-corrected chi connectivity index (χ3v) is 9.00. The van der Waals surface area contributed by atoms with Crippen molar-refractivity contribution < 1.29 is 27.7 Å². The van der Waals surface area contributed by atoms with Crippen LogP contribution >= 0.6 is 0 Å². The van der Waals surface area contributed by atoms with E-state index in [1.807, 2.05) is 0 Å². The molecule has 0 aromatic rings. The van der Waals surface area contributed by atoms with Gasteiger partial charge in [0.2, 0.25) is 0 Å². The van der Waals surface area contributed by atoms with Crippen molar-refractivity contribution in [2.45, 2.75) is 77.8 Å². The molecule has 0 spiro atoms. The molecule has 0 aromatic heterocycles. The number of hydrogen-bond donors (Lipinski definition) is 0. The van der Waals surface area contributed by atoms with Crippen LogP contribution in [0.2, 0.25) is 36.3 Å². The molecule has 3 heteroatoms. The molecule has 0 aliphatic rings. The maximum atomic E-state index is 2.31. The summed E-state index contributed by atoms with van der Waals surface area (Å²) < 4.78 is 0. The second-order valence-corrected chi connectivity index (χ2v) is 10.9. The average Bonchev–Trinajstić information content (AvgIpc) is 2.24. The Labute approximate surface area is 122 Å². The van der Waals surface area contributed by atoms with Crippen molar-refractivity contribution in [3.8, 4) is 0 Å². The van der Waals surface area contributed by atoms with Gasteiger partial charge in [-0.25, -0.2) is 0 Å². The van der Waals surface area contributed by atoms with Crippen molar-refractivity contribution in [3.63, 3.8) is 0 Å². The van der Waals surface area contributed by atoms with Crippen LogP contribution in [0.1, 0.15) is 41.5 Å². The summed E-state index contributed by atoms with van der Waals surface area (Å²) in [4.78, 5) is 0. The molecule has 15 heavy (non-hydrogen) atoms. The molecule has 0 nitrogen and oxygen atoms in total. The first-order chi connectivity index (χ1) is 6.69. The third-order valence-electron chi connectivity index (χ3n) is 3.00. The van der Waals surface area contributed by atoms with Gasteiger partial charge >= 0.3 is 0 Å². The maximum Gasteiger partial charge on any atom is 0.0470 e. The van der Waals surface area contributed by atoms with Gasteiger partial charge in [0.05, 0.1) is 0 Å². The van der Waals surface area contributed by atoms with Crippen molar-refractivity contribution in [1.82, 2.24) is 0 Å². The number of hydrogen-bond acceptors (Lipinski definition) is 0. The second kappa shape index (κ2) is 17.8. The van der Waals surface area contributed by atoms with Gasteiger partial charge in [0.15, 0.2) is 0 Å². The van der Waals surface area contributed by atoms with Gasteiger partial charge in [-0.2, -0.15) is 0 Å². The van der Waals surface area contributed by atoms with Crippen LogP contribution in [-0.2, 0) is 27.7 Å². The minimum absolute atomic E-state index is 0. The van der Waals surface area contributed by atoms with E-state index in [0.717, 1.165) is 0 Å². The smallest absolute Gasteiger partial charge is 0.0470 e. The fourth-order valence-corrected chi connectivity index (χ4v) is 4.50. The van der Waals surface area contributed by atoms with Crippen LogP contribution in [0.5, 0.6) is 0 Å². The topological polar surface area (TPSA) is 0 Å². The molecule has 2 radical (unpaired) electrons. The van der Waals surface area contributed by atoms with E-state index in [0.29, 0.717) is 0 Å². The van der Waals surface area contributed by atoms with Crippen molar-refractivity contribution in [2.75, 3.05) is 0 Å². The van der Waals surface area contributed by atoms with Crippen LogP contribution in [0.3, 0.4) is 0 Å². The van der Waals surface area contributed by atoms with Gasteiger partial charge < -0.3 is 0 Å². The first-order valence-corrected chi connectivity index (χ1v) is 10.6. The Kier molecular flexibility index (Phi) is 25.6. The fourth-order valence-electron chi connectivity index (χ4n) is 1.50. The zero-order chi connectivity index (χ0) is 11.4. The van der Waals surface area contributed by atoms with Gasteiger partial charge in [-0.05, 0) is 0 Å². The molecule has 0 saturated carbocycles. The van der Waals surface area contributed by atoms with Gasteiger partial charge in [0.1, 0.15) is 0 Å². The molecular weight excluding hydrogens is 401 g/mol. The number of rotatable bonds is 6. The van der Waals surface area contributed by atoms with Crippen molar-refractivity contribution in [1.29, 1.82) is 0 Å². The minimum atomic E-state index is 0. The summed E-state index contributed by atoms with van der Waals surface area (Å²) in [5.74, 6) is 0. The molecule has 0 aliphatic carbocycles. The molecular formula is C12H30HgSi2. The van der Waals surface area contributed by atoms with E-state index in [2.05, 4.69) is 41.5 Å². The summed E-state index contributed by atoms with van der Waals surface area (Å²) in [7, 11) is 0.275. The van der Waals surface area contributed by atoms with Crippen molar-refractivity contribution in [3.05, 3.63) is 0 Å². The van der Waals surface area contributed by atoms with Crippen LogP contribution in [0.4, 0.5) is 0 Å². The molecule has 0 unspecified atom stereocenters. The van der Waals surface area contributed by atoms with Crippen LogP contribution in [0.25, 0.3) is 0 Å². The summed E-state index contributed by atoms with van der Waals surface area (Å²) in [5.41, 5.74) is 0. The summed E-state index contributed by atoms with van der Waals surface area (Å²) in [5, 5.41) is 0. The first kappa shape index (κ1) is 21.6. The van der Waals surface area contributed by atoms with Crippen LogP contribution in [0, 0.1) is 0 Å². The largest absolute Gasteiger partial charge is 0.0680 e. The van der Waals surface area contributed by atoms with E-state index >= 15 is 0 Å². The molecule has 0 atom stereocenters. The Hall–Kier alpha value is 1.37. The van der Waals surface area contributed by atoms with Crippen molar-refractivity contribution in [2.24, 2.45) is 0 Å². The molecule has 0 saturated heterocycles. The summed E-state index contributed by atoms with van der Waals surface area (Å²) in [6, 6.07) is 8.74. The maximum absolute atomic E-state index is 2.31. The van der Waals surface area contributed by atoms with Gasteiger partial charge in [-0.15, -0.1) is 0 Å². The summed E-state index contributed by atoms with van der Waals surface area (Å²) in [6.45, 7) is 13.8. The molecule has 0 bridgehead atoms. The quantitative estimate of drug-likeness (QED) is 0.515. The zero-order valence-electron chi connectivity index (χ0n) is 11.9. The van der Waals surface area contributed by atoms with Crippen LogP contribution in [-0.4, -0.2) is 17.6 Å². The molecule has 0 N–H and O–H groups in total. The third kappa shape index (κ3) is 15.4. The first-order valence-electron chi connectivity index (χ1n) is 6.36. The van der Waals surface area contributed by atoms with Crippen LogP contribution < -0.4 is 0 Å². The van der Waals surface area contributed by atoms with E-state index in [1.54, 1.807) is 0 Å². The molecule has 88 valence electrons. The molecule has 0 heterocycles. The molecule has 0 fully saturated rings. The SMILES string of the molecule is CC[Si](CC)CC.CC[Si](CC)CC.[Hg]. The fraction of sp³-hybridized carbons (Fsp3) is 1.00. The monoisotopic (exact) mass is 432 g/mol. The van der Waals surface area contributed by atoms with Gasteiger partial charge in [-0.1, -0.05) is 77.8 Å². The molecule has 0 amide bonds. The average molecular weight is 431 g/mol.